The van der Waals surface area contributed by atoms with Crippen LogP contribution in [0.2, 0.25) is 0 Å². The van der Waals surface area contributed by atoms with E-state index in [-0.39, 0.29) is 81.3 Å². The van der Waals surface area contributed by atoms with Crippen LogP contribution in [0.1, 0.15) is 21.3 Å². The number of carboxylic acid groups (broad SMARTS) is 2. The summed E-state index contributed by atoms with van der Waals surface area (Å²) < 4.78 is 12.1. The Bertz CT molecular complexity index is 792. The average Bonchev–Trinajstić information content (AvgIpc) is 2.81. The van der Waals surface area contributed by atoms with Gasteiger partial charge in [0, 0.05) is 24.4 Å². The second-order valence-corrected chi connectivity index (χ2v) is 7.11. The number of Topliss-reactive ketones (excluding diaryl/α,β-unsaturated/α-hetero) is 1. The molecule has 0 amide bonds. The molecular weight excluding hydrogens is 597 g/mol. The van der Waals surface area contributed by atoms with Crippen LogP contribution in [0.15, 0.2) is 0 Å². The van der Waals surface area contributed by atoms with E-state index in [9.17, 15) is 38.9 Å². The summed E-state index contributed by atoms with van der Waals surface area (Å²) >= 11 is 0. The smallest absolute Gasteiger partial charge is 0.346 e. The molecule has 1 aliphatic rings. The van der Waals surface area contributed by atoms with E-state index in [2.05, 4.69) is 0 Å². The Morgan fingerprint density at radius 3 is 1.54 bits per heavy atom. The molecule has 0 aromatic rings. The maximum absolute atomic E-state index is 10.5. The summed E-state index contributed by atoms with van der Waals surface area (Å²) in [6.07, 6.45) is 0.330. The molecule has 2 unspecified atom stereocenters. The molecule has 37 heavy (non-hydrogen) atoms. The SMILES string of the molecule is C.C.CN1CC(=O)CC1=N.C[N+](CC(=O)[O-])=C(N)N.C[N+](CC(=O)[O-])=C(N)NP(=O)([O-])[O-].O.O.P.P.[Cr]. The van der Waals surface area contributed by atoms with Crippen LogP contribution < -0.4 is 42.3 Å². The van der Waals surface area contributed by atoms with Crippen molar-refractivity contribution in [3.63, 3.8) is 0 Å². The van der Waals surface area contributed by atoms with Gasteiger partial charge in [0.15, 0.2) is 5.78 Å². The van der Waals surface area contributed by atoms with Crippen molar-refractivity contribution in [3.8, 4) is 0 Å². The molecule has 226 valence electrons. The molecule has 2 atom stereocenters. The molecular formula is C15H43CrN8O10P3-2. The zero-order chi connectivity index (χ0) is 24.2. The number of likely N-dealkylation sites (tertiary alicyclic amines) is 1. The summed E-state index contributed by atoms with van der Waals surface area (Å²) in [5, 5.41) is 28.3. The largest absolute Gasteiger partial charge is 0.783 e. The standard InChI is InChI=1S/C5H8N2O.C4H10N3O5P.C4H9N3O2.2CH4.Cr.2H2O.2H3P/c1-7-3-4(8)2-5(7)6;1-7(2-3(8)9)4(5)6-13(10,11)12;1-7(4(5)6)2-3(8)9;;;;;;;/h6H,2-3H2,1H3;2H2,1H3,(H5,5,6,8,9,10,11,12);2H2,1H3,(H4,5,6,8,9);2*1H4;;2*1H2;2*1H3/p-2. The van der Waals surface area contributed by atoms with E-state index in [4.69, 9.17) is 22.6 Å². The van der Waals surface area contributed by atoms with E-state index in [1.807, 2.05) is 0 Å². The fourth-order valence-electron chi connectivity index (χ4n) is 1.53. The number of carbonyl (C=O) groups excluding carboxylic acids is 3. The van der Waals surface area contributed by atoms with Crippen molar-refractivity contribution in [1.82, 2.24) is 9.99 Å². The van der Waals surface area contributed by atoms with Crippen molar-refractivity contribution < 1.29 is 76.4 Å². The van der Waals surface area contributed by atoms with Crippen LogP contribution in [0.25, 0.3) is 0 Å². The number of ketones is 1. The fourth-order valence-corrected chi connectivity index (χ4v) is 1.98. The van der Waals surface area contributed by atoms with Crippen molar-refractivity contribution in [1.29, 1.82) is 5.41 Å². The second-order valence-electron chi connectivity index (χ2n) is 5.89. The molecule has 18 nitrogen and oxygen atoms in total. The molecule has 1 fully saturated rings. The molecule has 0 radical (unpaired) electrons. The van der Waals surface area contributed by atoms with Crippen molar-refractivity contribution >= 4 is 63.0 Å². The van der Waals surface area contributed by atoms with Crippen LogP contribution in [0.4, 0.5) is 0 Å². The summed E-state index contributed by atoms with van der Waals surface area (Å²) in [5.41, 5.74) is 15.0. The van der Waals surface area contributed by atoms with Gasteiger partial charge in [-0.2, -0.15) is 19.8 Å². The molecule has 0 saturated carbocycles. The minimum absolute atomic E-state index is 0. The van der Waals surface area contributed by atoms with Crippen LogP contribution in [0.3, 0.4) is 0 Å². The van der Waals surface area contributed by atoms with Crippen LogP contribution in [-0.2, 0) is 36.3 Å². The molecule has 0 aromatic carbocycles. The zero-order valence-electron chi connectivity index (χ0n) is 19.4. The topological polar surface area (TPSA) is 347 Å². The third kappa shape index (κ3) is 36.3. The van der Waals surface area contributed by atoms with Crippen LogP contribution in [0.5, 0.6) is 0 Å². The quantitative estimate of drug-likeness (QED) is 0.0807. The monoisotopic (exact) mass is 640 g/mol. The van der Waals surface area contributed by atoms with Gasteiger partial charge >= 0.3 is 11.9 Å². The Hall–Kier alpha value is -1.92. The Labute approximate surface area is 234 Å². The number of nitrogens with one attached hydrogen (secondary N) is 2. The molecule has 1 heterocycles. The predicted molar refractivity (Wildman–Crippen MR) is 138 cm³/mol. The van der Waals surface area contributed by atoms with Gasteiger partial charge < -0.3 is 50.0 Å². The number of hydrogen-bond donors (Lipinski definition) is 5. The summed E-state index contributed by atoms with van der Waals surface area (Å²) in [6, 6.07) is 0. The second kappa shape index (κ2) is 28.7. The maximum Gasteiger partial charge on any atom is 0.346 e. The third-order valence-electron chi connectivity index (χ3n) is 3.07. The first-order chi connectivity index (χ1) is 13.5. The van der Waals surface area contributed by atoms with Gasteiger partial charge in [0.2, 0.25) is 0 Å². The zero-order valence-corrected chi connectivity index (χ0v) is 24.4. The molecule has 12 N–H and O–H groups in total. The van der Waals surface area contributed by atoms with Gasteiger partial charge in [-0.15, -0.1) is 0 Å². The number of nitrogens with zero attached hydrogens (tertiary/aromatic N) is 3. The van der Waals surface area contributed by atoms with E-state index in [0.29, 0.717) is 18.8 Å². The van der Waals surface area contributed by atoms with E-state index in [1.54, 1.807) is 11.9 Å². The van der Waals surface area contributed by atoms with Gasteiger partial charge in [0.25, 0.3) is 0 Å². The van der Waals surface area contributed by atoms with Gasteiger partial charge in [-0.1, -0.05) is 14.9 Å². The number of nitrogens with two attached hydrogens (primary N) is 3. The van der Waals surface area contributed by atoms with Crippen molar-refractivity contribution in [2.75, 3.05) is 40.8 Å². The Morgan fingerprint density at radius 2 is 1.38 bits per heavy atom. The van der Waals surface area contributed by atoms with E-state index in [1.165, 1.54) is 23.8 Å². The van der Waals surface area contributed by atoms with Crippen molar-refractivity contribution in [2.45, 2.75) is 21.3 Å². The van der Waals surface area contributed by atoms with Gasteiger partial charge in [0.05, 0.1) is 46.7 Å². The maximum atomic E-state index is 10.5. The summed E-state index contributed by atoms with van der Waals surface area (Å²) in [5.74, 6) is -2.64. The van der Waals surface area contributed by atoms with Crippen LogP contribution in [-0.4, -0.2) is 101 Å². The predicted octanol–water partition coefficient (Wildman–Crippen LogP) is -8.63. The number of amidine groups is 1. The Kier molecular flexibility index (Phi) is 46.4. The summed E-state index contributed by atoms with van der Waals surface area (Å²) in [6.45, 7) is -0.458. The van der Waals surface area contributed by atoms with E-state index >= 15 is 0 Å². The van der Waals surface area contributed by atoms with Crippen LogP contribution >= 0.6 is 27.5 Å². The fraction of sp³-hybridized carbons (Fsp3) is 0.600. The minimum atomic E-state index is -4.99. The third-order valence-corrected chi connectivity index (χ3v) is 3.58. The summed E-state index contributed by atoms with van der Waals surface area (Å²) in [4.78, 5) is 52.2. The number of rotatable bonds is 5. The molecule has 1 aliphatic heterocycles. The van der Waals surface area contributed by atoms with Gasteiger partial charge in [0.1, 0.15) is 18.9 Å². The summed E-state index contributed by atoms with van der Waals surface area (Å²) in [7, 11) is -0.577. The van der Waals surface area contributed by atoms with Gasteiger partial charge in [-0.3, -0.25) is 41.6 Å². The van der Waals surface area contributed by atoms with E-state index in [0.717, 1.165) is 4.58 Å². The van der Waals surface area contributed by atoms with Crippen LogP contribution in [0, 0.1) is 5.41 Å². The van der Waals surface area contributed by atoms with Gasteiger partial charge in [-0.25, -0.2) is 0 Å². The first-order valence-corrected chi connectivity index (χ1v) is 9.43. The Morgan fingerprint density at radius 1 is 1.03 bits per heavy atom. The average molecular weight is 640 g/mol. The number of aliphatic carboxylic acids is 2. The van der Waals surface area contributed by atoms with E-state index < -0.39 is 32.2 Å². The van der Waals surface area contributed by atoms with Crippen molar-refractivity contribution in [2.24, 2.45) is 17.2 Å². The number of carboxylic acids is 2. The first kappa shape index (κ1) is 59.9. The Balaban J connectivity index is -0.0000000425. The number of likely N-dealkylation sites (N-methyl/N-ethyl adjacent to an activating group) is 3. The van der Waals surface area contributed by atoms with Crippen molar-refractivity contribution in [3.05, 3.63) is 0 Å². The molecule has 1 rings (SSSR count). The minimum Gasteiger partial charge on any atom is -0.783 e. The molecule has 22 heteroatoms. The molecule has 1 saturated heterocycles. The normalized spacial score (nSPS) is 11.2. The first-order valence-electron chi connectivity index (χ1n) is 7.89. The number of hydrogen-bond acceptors (Lipinski definition) is 9. The molecule has 0 bridgehead atoms. The molecule has 0 aliphatic carbocycles. The number of carbonyl (C=O) groups is 3. The molecule has 0 spiro atoms. The molecule has 0 aromatic heterocycles. The van der Waals surface area contributed by atoms with Gasteiger partial charge in [-0.05, 0) is 0 Å². The number of guanidine groups is 2.